The molecule has 1 aromatic carbocycles. The molecule has 0 amide bonds. The number of fused-ring (bicyclic) bond motifs is 1. The summed E-state index contributed by atoms with van der Waals surface area (Å²) in [6, 6.07) is 6.04. The Bertz CT molecular complexity index is 581. The molecule has 3 rings (SSSR count). The number of nitrogens with zero attached hydrogens (tertiary/aromatic N) is 1. The number of hydrogen-bond donors (Lipinski definition) is 1. The van der Waals surface area contributed by atoms with Gasteiger partial charge in [-0.2, -0.15) is 0 Å². The molecule has 2 heterocycles. The molecular formula is C16H20F2N2O2. The van der Waals surface area contributed by atoms with Gasteiger partial charge in [0.1, 0.15) is 24.1 Å². The lowest BCUT2D eigenvalue weighted by Gasteiger charge is -2.49. The van der Waals surface area contributed by atoms with Gasteiger partial charge in [-0.15, -0.1) is 0 Å². The minimum absolute atomic E-state index is 0.0843. The monoisotopic (exact) mass is 310 g/mol. The molecule has 0 aliphatic carbocycles. The van der Waals surface area contributed by atoms with Gasteiger partial charge in [0, 0.05) is 12.0 Å². The normalized spacial score (nSPS) is 34.5. The van der Waals surface area contributed by atoms with Gasteiger partial charge in [-0.25, -0.2) is 13.8 Å². The van der Waals surface area contributed by atoms with E-state index in [1.54, 1.807) is 18.2 Å². The maximum absolute atomic E-state index is 14.4. The van der Waals surface area contributed by atoms with Gasteiger partial charge in [0.25, 0.3) is 6.02 Å². The molecule has 0 radical (unpaired) electrons. The molecule has 0 saturated carbocycles. The fourth-order valence-electron chi connectivity index (χ4n) is 3.67. The van der Waals surface area contributed by atoms with Gasteiger partial charge in [0.15, 0.2) is 0 Å². The molecule has 6 heteroatoms. The number of hydrogen-bond acceptors (Lipinski definition) is 4. The SMILES string of the molecule is CC[C@@H]1OCC[C@H]2OC(N)=N[C@](CF)(c3ccccc3F)[C@@H]12. The first kappa shape index (κ1) is 15.2. The Balaban J connectivity index is 2.17. The van der Waals surface area contributed by atoms with Gasteiger partial charge in [0.05, 0.1) is 18.6 Å². The molecule has 2 aliphatic rings. The van der Waals surface area contributed by atoms with Crippen molar-refractivity contribution in [3.8, 4) is 0 Å². The molecule has 4 nitrogen and oxygen atoms in total. The van der Waals surface area contributed by atoms with Gasteiger partial charge in [0.2, 0.25) is 0 Å². The quantitative estimate of drug-likeness (QED) is 0.933. The Morgan fingerprint density at radius 2 is 2.18 bits per heavy atom. The van der Waals surface area contributed by atoms with Crippen molar-refractivity contribution in [2.24, 2.45) is 16.6 Å². The summed E-state index contributed by atoms with van der Waals surface area (Å²) in [6.07, 6.45) is 0.710. The number of amidine groups is 1. The number of alkyl halides is 1. The fourth-order valence-corrected chi connectivity index (χ4v) is 3.67. The number of rotatable bonds is 3. The van der Waals surface area contributed by atoms with Gasteiger partial charge < -0.3 is 15.2 Å². The smallest absolute Gasteiger partial charge is 0.283 e. The second-order valence-electron chi connectivity index (χ2n) is 5.78. The van der Waals surface area contributed by atoms with Crippen LogP contribution >= 0.6 is 0 Å². The third-order valence-corrected chi connectivity index (χ3v) is 4.62. The van der Waals surface area contributed by atoms with E-state index in [1.807, 2.05) is 6.92 Å². The van der Waals surface area contributed by atoms with Crippen LogP contribution in [0.5, 0.6) is 0 Å². The van der Waals surface area contributed by atoms with Crippen molar-refractivity contribution in [1.82, 2.24) is 0 Å². The molecule has 2 N–H and O–H groups in total. The van der Waals surface area contributed by atoms with Crippen LogP contribution < -0.4 is 5.73 Å². The Labute approximate surface area is 128 Å². The van der Waals surface area contributed by atoms with Crippen LogP contribution in [0.2, 0.25) is 0 Å². The molecule has 1 aromatic rings. The van der Waals surface area contributed by atoms with Crippen molar-refractivity contribution in [1.29, 1.82) is 0 Å². The van der Waals surface area contributed by atoms with Crippen LogP contribution in [0.15, 0.2) is 29.3 Å². The third-order valence-electron chi connectivity index (χ3n) is 4.62. The molecular weight excluding hydrogens is 290 g/mol. The maximum atomic E-state index is 14.4. The number of aliphatic imine (C=N–C) groups is 1. The van der Waals surface area contributed by atoms with Crippen molar-refractivity contribution >= 4 is 6.02 Å². The van der Waals surface area contributed by atoms with E-state index in [-0.39, 0.29) is 23.8 Å². The lowest BCUT2D eigenvalue weighted by atomic mass is 9.70. The summed E-state index contributed by atoms with van der Waals surface area (Å²) >= 11 is 0. The highest BCUT2D eigenvalue weighted by atomic mass is 19.1. The minimum atomic E-state index is -1.39. The van der Waals surface area contributed by atoms with Crippen LogP contribution in [-0.2, 0) is 15.0 Å². The summed E-state index contributed by atoms with van der Waals surface area (Å²) in [4.78, 5) is 4.22. The average molecular weight is 310 g/mol. The van der Waals surface area contributed by atoms with E-state index in [1.165, 1.54) is 6.07 Å². The minimum Gasteiger partial charge on any atom is -0.462 e. The summed E-state index contributed by atoms with van der Waals surface area (Å²) < 4.78 is 39.9. The van der Waals surface area contributed by atoms with E-state index >= 15 is 0 Å². The van der Waals surface area contributed by atoms with Crippen molar-refractivity contribution in [3.63, 3.8) is 0 Å². The number of nitrogens with two attached hydrogens (primary N) is 1. The van der Waals surface area contributed by atoms with Crippen molar-refractivity contribution in [3.05, 3.63) is 35.6 Å². The first-order valence-corrected chi connectivity index (χ1v) is 7.57. The highest BCUT2D eigenvalue weighted by Crippen LogP contribution is 2.46. The van der Waals surface area contributed by atoms with E-state index in [4.69, 9.17) is 15.2 Å². The number of benzene rings is 1. The van der Waals surface area contributed by atoms with Gasteiger partial charge in [-0.1, -0.05) is 25.1 Å². The zero-order valence-corrected chi connectivity index (χ0v) is 12.5. The van der Waals surface area contributed by atoms with E-state index in [0.717, 1.165) is 0 Å². The third kappa shape index (κ3) is 2.26. The molecule has 0 unspecified atom stereocenters. The maximum Gasteiger partial charge on any atom is 0.283 e. The van der Waals surface area contributed by atoms with Crippen LogP contribution in [-0.4, -0.2) is 31.5 Å². The predicted molar refractivity (Wildman–Crippen MR) is 78.7 cm³/mol. The molecule has 2 aliphatic heterocycles. The van der Waals surface area contributed by atoms with Crippen molar-refractivity contribution in [2.45, 2.75) is 37.5 Å². The van der Waals surface area contributed by atoms with Crippen molar-refractivity contribution in [2.75, 3.05) is 13.3 Å². The van der Waals surface area contributed by atoms with Gasteiger partial charge in [-0.3, -0.25) is 0 Å². The highest BCUT2D eigenvalue weighted by molar-refractivity contribution is 5.73. The highest BCUT2D eigenvalue weighted by Gasteiger charge is 2.55. The van der Waals surface area contributed by atoms with Gasteiger partial charge >= 0.3 is 0 Å². The predicted octanol–water partition coefficient (Wildman–Crippen LogP) is 2.52. The summed E-state index contributed by atoms with van der Waals surface area (Å²) in [5, 5.41) is 0. The van der Waals surface area contributed by atoms with E-state index in [2.05, 4.69) is 4.99 Å². The molecule has 0 spiro atoms. The lowest BCUT2D eigenvalue weighted by molar-refractivity contribution is -0.129. The number of halogens is 2. The second kappa shape index (κ2) is 5.83. The molecule has 0 bridgehead atoms. The van der Waals surface area contributed by atoms with Crippen LogP contribution in [0.3, 0.4) is 0 Å². The van der Waals surface area contributed by atoms with Crippen LogP contribution in [0, 0.1) is 11.7 Å². The van der Waals surface area contributed by atoms with E-state index < -0.39 is 23.9 Å². The van der Waals surface area contributed by atoms with Crippen molar-refractivity contribution < 1.29 is 18.3 Å². The Hall–Kier alpha value is -1.69. The molecule has 4 atom stereocenters. The average Bonchev–Trinajstić information content (AvgIpc) is 2.53. The Morgan fingerprint density at radius 3 is 2.86 bits per heavy atom. The summed E-state index contributed by atoms with van der Waals surface area (Å²) in [6.45, 7) is 1.63. The van der Waals surface area contributed by atoms with Crippen LogP contribution in [0.4, 0.5) is 8.78 Å². The molecule has 1 fully saturated rings. The first-order valence-electron chi connectivity index (χ1n) is 7.57. The lowest BCUT2D eigenvalue weighted by Crippen LogP contribution is -2.58. The summed E-state index contributed by atoms with van der Waals surface area (Å²) in [5.41, 5.74) is 4.59. The Kier molecular flexibility index (Phi) is 4.04. The molecule has 120 valence electrons. The molecule has 0 aromatic heterocycles. The molecule has 1 saturated heterocycles. The van der Waals surface area contributed by atoms with Crippen LogP contribution in [0.1, 0.15) is 25.3 Å². The fraction of sp³-hybridized carbons (Fsp3) is 0.562. The number of ether oxygens (including phenoxy) is 2. The Morgan fingerprint density at radius 1 is 1.41 bits per heavy atom. The zero-order chi connectivity index (χ0) is 15.7. The first-order chi connectivity index (χ1) is 10.6. The summed E-state index contributed by atoms with van der Waals surface area (Å²) in [7, 11) is 0. The van der Waals surface area contributed by atoms with Crippen LogP contribution in [0.25, 0.3) is 0 Å². The van der Waals surface area contributed by atoms with Gasteiger partial charge in [-0.05, 0) is 12.5 Å². The van der Waals surface area contributed by atoms with E-state index in [0.29, 0.717) is 19.4 Å². The standard InChI is InChI=1S/C16H20F2N2O2/c1-2-12-14-13(7-8-21-12)22-15(19)20-16(14,9-17)10-5-3-4-6-11(10)18/h3-6,12-14H,2,7-9H2,1H3,(H2,19,20)/t12-,13+,14-,16+/m0/s1. The largest absolute Gasteiger partial charge is 0.462 e. The topological polar surface area (TPSA) is 56.8 Å². The second-order valence-corrected chi connectivity index (χ2v) is 5.78. The zero-order valence-electron chi connectivity index (χ0n) is 12.5. The van der Waals surface area contributed by atoms with E-state index in [9.17, 15) is 8.78 Å². The summed E-state index contributed by atoms with van der Waals surface area (Å²) in [5.74, 6) is -0.891. The molecule has 22 heavy (non-hydrogen) atoms.